The van der Waals surface area contributed by atoms with E-state index >= 15 is 0 Å². The number of piperidine rings is 1. The van der Waals surface area contributed by atoms with Gasteiger partial charge in [-0.05, 0) is 69.9 Å². The molecule has 8 heteroatoms. The van der Waals surface area contributed by atoms with Crippen molar-refractivity contribution in [1.29, 1.82) is 0 Å². The van der Waals surface area contributed by atoms with E-state index in [2.05, 4.69) is 34.4 Å². The fraction of sp³-hybridized carbons (Fsp3) is 0.414. The molecule has 5 nitrogen and oxygen atoms in total. The van der Waals surface area contributed by atoms with Crippen LogP contribution in [0.15, 0.2) is 60.7 Å². The average molecular weight is 511 g/mol. The SMILES string of the molecule is CN1CCC(Nc2cccc3c2cc(C#CCNC(=O)C2CC2)n3CC(F)(F)F)CC1.c1ccccc1. The Morgan fingerprint density at radius 2 is 1.65 bits per heavy atom. The number of benzene rings is 2. The second-order valence-corrected chi connectivity index (χ2v) is 9.64. The van der Waals surface area contributed by atoms with Crippen LogP contribution in [-0.2, 0) is 11.3 Å². The number of carbonyl (C=O) groups is 1. The van der Waals surface area contributed by atoms with Gasteiger partial charge in [-0.25, -0.2) is 0 Å². The second-order valence-electron chi connectivity index (χ2n) is 9.64. The van der Waals surface area contributed by atoms with Gasteiger partial charge in [-0.15, -0.1) is 0 Å². The van der Waals surface area contributed by atoms with E-state index in [1.54, 1.807) is 18.2 Å². The highest BCUT2D eigenvalue weighted by Crippen LogP contribution is 2.31. The highest BCUT2D eigenvalue weighted by atomic mass is 19.4. The molecule has 1 aliphatic heterocycles. The Kier molecular flexibility index (Phi) is 8.78. The molecule has 1 aromatic heterocycles. The Morgan fingerprint density at radius 3 is 2.24 bits per heavy atom. The largest absolute Gasteiger partial charge is 0.406 e. The van der Waals surface area contributed by atoms with Crippen LogP contribution in [-0.4, -0.2) is 54.3 Å². The molecule has 2 heterocycles. The standard InChI is InChI=1S/C23H27F3N4O.C6H6/c1-29-12-9-17(10-13-29)28-20-5-2-6-21-19(20)14-18(30(21)15-23(24,25)26)4-3-11-27-22(31)16-7-8-16;1-2-4-6-5-3-1/h2,5-6,14,16-17,28H,7-13,15H2,1H3,(H,27,31);1-6H. The normalized spacial score (nSPS) is 16.3. The summed E-state index contributed by atoms with van der Waals surface area (Å²) in [7, 11) is 2.09. The van der Waals surface area contributed by atoms with Crippen molar-refractivity contribution in [2.75, 3.05) is 32.0 Å². The number of carbonyl (C=O) groups excluding carboxylic acids is 1. The topological polar surface area (TPSA) is 49.3 Å². The van der Waals surface area contributed by atoms with Crippen LogP contribution in [0.3, 0.4) is 0 Å². The van der Waals surface area contributed by atoms with Crippen LogP contribution in [0.4, 0.5) is 18.9 Å². The summed E-state index contributed by atoms with van der Waals surface area (Å²) in [6, 6.07) is 19.4. The summed E-state index contributed by atoms with van der Waals surface area (Å²) in [5, 5.41) is 6.98. The number of hydrogen-bond acceptors (Lipinski definition) is 3. The van der Waals surface area contributed by atoms with E-state index in [-0.39, 0.29) is 18.4 Å². The number of amides is 1. The molecule has 2 aromatic carbocycles. The lowest BCUT2D eigenvalue weighted by molar-refractivity contribution is -0.140. The minimum Gasteiger partial charge on any atom is -0.382 e. The first-order valence-electron chi connectivity index (χ1n) is 12.7. The Morgan fingerprint density at radius 1 is 1.00 bits per heavy atom. The molecule has 0 spiro atoms. The minimum absolute atomic E-state index is 0.0326. The molecule has 0 bridgehead atoms. The Hall–Kier alpha value is -3.44. The number of aromatic nitrogens is 1. The first kappa shape index (κ1) is 26.6. The van der Waals surface area contributed by atoms with Gasteiger partial charge in [0.2, 0.25) is 5.91 Å². The van der Waals surface area contributed by atoms with Crippen LogP contribution in [0.5, 0.6) is 0 Å². The van der Waals surface area contributed by atoms with E-state index < -0.39 is 12.7 Å². The van der Waals surface area contributed by atoms with Crippen molar-refractivity contribution < 1.29 is 18.0 Å². The third kappa shape index (κ3) is 8.02. The maximum absolute atomic E-state index is 13.3. The first-order chi connectivity index (χ1) is 17.8. The molecule has 37 heavy (non-hydrogen) atoms. The third-order valence-corrected chi connectivity index (χ3v) is 6.54. The molecule has 0 radical (unpaired) electrons. The van der Waals surface area contributed by atoms with Crippen LogP contribution < -0.4 is 10.6 Å². The molecule has 1 aliphatic carbocycles. The molecule has 1 amide bonds. The van der Waals surface area contributed by atoms with Crippen LogP contribution >= 0.6 is 0 Å². The number of hydrogen-bond donors (Lipinski definition) is 2. The van der Waals surface area contributed by atoms with Gasteiger partial charge in [0.15, 0.2) is 0 Å². The van der Waals surface area contributed by atoms with Crippen LogP contribution in [0, 0.1) is 17.8 Å². The number of halogens is 3. The van der Waals surface area contributed by atoms with Gasteiger partial charge in [-0.1, -0.05) is 48.4 Å². The average Bonchev–Trinajstić information content (AvgIpc) is 3.68. The minimum atomic E-state index is -4.36. The van der Waals surface area contributed by atoms with Gasteiger partial charge in [0, 0.05) is 23.0 Å². The Bertz CT molecular complexity index is 1200. The number of alkyl halides is 3. The summed E-state index contributed by atoms with van der Waals surface area (Å²) in [5.41, 5.74) is 1.63. The van der Waals surface area contributed by atoms with Gasteiger partial charge in [0.05, 0.1) is 17.8 Å². The summed E-state index contributed by atoms with van der Waals surface area (Å²) < 4.78 is 41.1. The molecule has 0 unspecified atom stereocenters. The lowest BCUT2D eigenvalue weighted by Gasteiger charge is -2.30. The van der Waals surface area contributed by atoms with E-state index in [9.17, 15) is 18.0 Å². The van der Waals surface area contributed by atoms with E-state index in [0.29, 0.717) is 17.3 Å². The zero-order valence-electron chi connectivity index (χ0n) is 21.0. The van der Waals surface area contributed by atoms with E-state index in [1.165, 1.54) is 4.57 Å². The number of fused-ring (bicyclic) bond motifs is 1. The summed E-state index contributed by atoms with van der Waals surface area (Å²) in [6.07, 6.45) is -0.592. The van der Waals surface area contributed by atoms with Gasteiger partial charge >= 0.3 is 6.18 Å². The molecule has 3 aromatic rings. The number of anilines is 1. The molecule has 2 aliphatic rings. The van der Waals surface area contributed by atoms with Gasteiger partial charge in [0.25, 0.3) is 0 Å². The first-order valence-corrected chi connectivity index (χ1v) is 12.7. The number of likely N-dealkylation sites (tertiary alicyclic amines) is 1. The zero-order valence-corrected chi connectivity index (χ0v) is 21.0. The van der Waals surface area contributed by atoms with Crippen LogP contribution in [0.1, 0.15) is 31.4 Å². The molecule has 196 valence electrons. The van der Waals surface area contributed by atoms with Crippen molar-refractivity contribution in [1.82, 2.24) is 14.8 Å². The molecule has 2 fully saturated rings. The molecule has 5 rings (SSSR count). The smallest absolute Gasteiger partial charge is 0.382 e. The summed E-state index contributed by atoms with van der Waals surface area (Å²) in [6.45, 7) is 1.01. The predicted molar refractivity (Wildman–Crippen MR) is 141 cm³/mol. The highest BCUT2D eigenvalue weighted by molar-refractivity contribution is 5.94. The van der Waals surface area contributed by atoms with Crippen molar-refractivity contribution in [3.8, 4) is 11.8 Å². The van der Waals surface area contributed by atoms with E-state index in [1.807, 2.05) is 42.5 Å². The molecule has 1 saturated carbocycles. The predicted octanol–water partition coefficient (Wildman–Crippen LogP) is 5.27. The second kappa shape index (κ2) is 12.2. The highest BCUT2D eigenvalue weighted by Gasteiger charge is 2.30. The number of nitrogens with zero attached hydrogens (tertiary/aromatic N) is 2. The summed E-state index contributed by atoms with van der Waals surface area (Å²) >= 11 is 0. The Labute approximate surface area is 216 Å². The fourth-order valence-electron chi connectivity index (χ4n) is 4.38. The molecule has 0 atom stereocenters. The van der Waals surface area contributed by atoms with Crippen molar-refractivity contribution in [3.63, 3.8) is 0 Å². The van der Waals surface area contributed by atoms with Crippen molar-refractivity contribution >= 4 is 22.5 Å². The number of rotatable bonds is 5. The Balaban J connectivity index is 0.000000469. The van der Waals surface area contributed by atoms with Crippen LogP contribution in [0.25, 0.3) is 10.9 Å². The van der Waals surface area contributed by atoms with Crippen molar-refractivity contribution in [2.45, 2.75) is 44.4 Å². The summed E-state index contributed by atoms with van der Waals surface area (Å²) in [4.78, 5) is 14.0. The van der Waals surface area contributed by atoms with Crippen molar-refractivity contribution in [3.05, 3.63) is 66.4 Å². The fourth-order valence-corrected chi connectivity index (χ4v) is 4.38. The van der Waals surface area contributed by atoms with Crippen molar-refractivity contribution in [2.24, 2.45) is 5.92 Å². The maximum atomic E-state index is 13.3. The molecular weight excluding hydrogens is 477 g/mol. The lowest BCUT2D eigenvalue weighted by Crippen LogP contribution is -2.36. The zero-order chi connectivity index (χ0) is 26.3. The number of nitrogens with one attached hydrogen (secondary N) is 2. The van der Waals surface area contributed by atoms with Crippen LogP contribution in [0.2, 0.25) is 0 Å². The van der Waals surface area contributed by atoms with Gasteiger partial charge in [-0.2, -0.15) is 13.2 Å². The lowest BCUT2D eigenvalue weighted by atomic mass is 10.0. The van der Waals surface area contributed by atoms with Gasteiger partial charge in [-0.3, -0.25) is 4.79 Å². The quantitative estimate of drug-likeness (QED) is 0.460. The monoisotopic (exact) mass is 510 g/mol. The molecule has 2 N–H and O–H groups in total. The van der Waals surface area contributed by atoms with E-state index in [4.69, 9.17) is 0 Å². The molecule has 1 saturated heterocycles. The van der Waals surface area contributed by atoms with Gasteiger partial charge < -0.3 is 20.1 Å². The maximum Gasteiger partial charge on any atom is 0.406 e. The summed E-state index contributed by atoms with van der Waals surface area (Å²) in [5.74, 6) is 5.70. The van der Waals surface area contributed by atoms with Gasteiger partial charge in [0.1, 0.15) is 6.54 Å². The molecular formula is C29H33F3N4O. The van der Waals surface area contributed by atoms with E-state index in [0.717, 1.165) is 49.8 Å². The third-order valence-electron chi connectivity index (χ3n) is 6.54.